The van der Waals surface area contributed by atoms with Gasteiger partial charge in [0, 0.05) is 0 Å². The summed E-state index contributed by atoms with van der Waals surface area (Å²) in [6.45, 7) is 1.62. The molecule has 0 aromatic carbocycles. The molecular formula is C11H15N5O4. The van der Waals surface area contributed by atoms with Gasteiger partial charge in [0.15, 0.2) is 17.2 Å². The summed E-state index contributed by atoms with van der Waals surface area (Å²) in [5.41, 5.74) is 0.833. The number of aliphatic hydroxyl groups excluding tert-OH is 2. The van der Waals surface area contributed by atoms with Gasteiger partial charge in [0.25, 0.3) is 0 Å². The molecule has 0 radical (unpaired) electrons. The molecule has 0 aliphatic rings. The highest BCUT2D eigenvalue weighted by Gasteiger charge is 2.26. The van der Waals surface area contributed by atoms with E-state index in [2.05, 4.69) is 19.7 Å². The Morgan fingerprint density at radius 2 is 2.30 bits per heavy atom. The van der Waals surface area contributed by atoms with Crippen molar-refractivity contribution >= 4 is 17.1 Å². The zero-order valence-corrected chi connectivity index (χ0v) is 10.8. The minimum absolute atomic E-state index is 0.0224. The number of ether oxygens (including phenoxy) is 1. The summed E-state index contributed by atoms with van der Waals surface area (Å²) in [5.74, 6) is -0.885. The summed E-state index contributed by atoms with van der Waals surface area (Å²) in [7, 11) is 0. The van der Waals surface area contributed by atoms with E-state index in [1.54, 1.807) is 6.92 Å². The van der Waals surface area contributed by atoms with Crippen LogP contribution in [-0.4, -0.2) is 54.5 Å². The Balaban J connectivity index is 2.20. The SMILES string of the molecule is CCOC(=O)[C@H](O)[C@H](O)Cn1cnc(=N)c2[nH]cnc21. The van der Waals surface area contributed by atoms with Crippen LogP contribution in [0.3, 0.4) is 0 Å². The fraction of sp³-hybridized carbons (Fsp3) is 0.455. The summed E-state index contributed by atoms with van der Waals surface area (Å²) in [6.07, 6.45) is -0.300. The van der Waals surface area contributed by atoms with Gasteiger partial charge in [0.1, 0.15) is 11.6 Å². The lowest BCUT2D eigenvalue weighted by Gasteiger charge is -2.17. The Kier molecular flexibility index (Phi) is 4.11. The van der Waals surface area contributed by atoms with E-state index in [0.29, 0.717) is 11.2 Å². The summed E-state index contributed by atoms with van der Waals surface area (Å²) in [4.78, 5) is 21.9. The number of aliphatic hydroxyl groups is 2. The fourth-order valence-electron chi connectivity index (χ4n) is 1.75. The number of nitrogens with one attached hydrogen (secondary N) is 2. The first-order valence-corrected chi connectivity index (χ1v) is 6.00. The molecule has 108 valence electrons. The lowest BCUT2D eigenvalue weighted by Crippen LogP contribution is -2.38. The van der Waals surface area contributed by atoms with Crippen molar-refractivity contribution in [3.05, 3.63) is 18.1 Å². The molecule has 20 heavy (non-hydrogen) atoms. The molecule has 0 bridgehead atoms. The van der Waals surface area contributed by atoms with E-state index in [-0.39, 0.29) is 18.6 Å². The third-order valence-corrected chi connectivity index (χ3v) is 2.73. The highest BCUT2D eigenvalue weighted by molar-refractivity contribution is 5.75. The summed E-state index contributed by atoms with van der Waals surface area (Å²) >= 11 is 0. The molecule has 9 nitrogen and oxygen atoms in total. The second kappa shape index (κ2) is 5.80. The number of aromatic nitrogens is 4. The minimum Gasteiger partial charge on any atom is -0.464 e. The number of carbonyl (C=O) groups is 1. The average Bonchev–Trinajstić information content (AvgIpc) is 2.91. The smallest absolute Gasteiger partial charge is 0.337 e. The predicted molar refractivity (Wildman–Crippen MR) is 66.4 cm³/mol. The van der Waals surface area contributed by atoms with Gasteiger partial charge in [-0.2, -0.15) is 0 Å². The molecule has 0 aliphatic heterocycles. The molecule has 2 aromatic heterocycles. The van der Waals surface area contributed by atoms with E-state index in [1.165, 1.54) is 17.2 Å². The van der Waals surface area contributed by atoms with E-state index in [9.17, 15) is 15.0 Å². The number of carbonyl (C=O) groups excluding carboxylic acids is 1. The van der Waals surface area contributed by atoms with Crippen LogP contribution in [0.25, 0.3) is 11.2 Å². The van der Waals surface area contributed by atoms with E-state index < -0.39 is 18.2 Å². The van der Waals surface area contributed by atoms with E-state index in [4.69, 9.17) is 5.41 Å². The first-order chi connectivity index (χ1) is 9.54. The highest BCUT2D eigenvalue weighted by atomic mass is 16.5. The third kappa shape index (κ3) is 2.68. The summed E-state index contributed by atoms with van der Waals surface area (Å²) in [6, 6.07) is 0. The van der Waals surface area contributed by atoms with Crippen LogP contribution in [0.5, 0.6) is 0 Å². The molecule has 2 atom stereocenters. The first-order valence-electron chi connectivity index (χ1n) is 6.00. The minimum atomic E-state index is -1.65. The van der Waals surface area contributed by atoms with Crippen molar-refractivity contribution in [3.8, 4) is 0 Å². The van der Waals surface area contributed by atoms with Gasteiger partial charge in [-0.15, -0.1) is 0 Å². The Bertz CT molecular complexity index is 664. The molecule has 0 saturated carbocycles. The van der Waals surface area contributed by atoms with Gasteiger partial charge in [-0.1, -0.05) is 0 Å². The summed E-state index contributed by atoms with van der Waals surface area (Å²) < 4.78 is 6.07. The largest absolute Gasteiger partial charge is 0.464 e. The van der Waals surface area contributed by atoms with Crippen LogP contribution in [0, 0.1) is 5.41 Å². The maximum absolute atomic E-state index is 11.3. The second-order valence-corrected chi connectivity index (χ2v) is 4.11. The number of H-pyrrole nitrogens is 1. The molecule has 0 amide bonds. The monoisotopic (exact) mass is 281 g/mol. The molecular weight excluding hydrogens is 266 g/mol. The van der Waals surface area contributed by atoms with Crippen LogP contribution in [0.1, 0.15) is 6.92 Å². The lowest BCUT2D eigenvalue weighted by atomic mass is 10.2. The number of aromatic amines is 1. The Labute approximate surface area is 113 Å². The molecule has 2 aromatic rings. The van der Waals surface area contributed by atoms with E-state index in [1.807, 2.05) is 0 Å². The number of fused-ring (bicyclic) bond motifs is 1. The number of esters is 1. The van der Waals surface area contributed by atoms with Crippen molar-refractivity contribution in [2.75, 3.05) is 6.61 Å². The fourth-order valence-corrected chi connectivity index (χ4v) is 1.75. The number of imidazole rings is 1. The van der Waals surface area contributed by atoms with Gasteiger partial charge >= 0.3 is 5.97 Å². The van der Waals surface area contributed by atoms with Crippen molar-refractivity contribution in [1.82, 2.24) is 19.5 Å². The van der Waals surface area contributed by atoms with Crippen LogP contribution in [0.4, 0.5) is 0 Å². The van der Waals surface area contributed by atoms with Crippen LogP contribution < -0.4 is 5.49 Å². The van der Waals surface area contributed by atoms with Gasteiger partial charge in [0.05, 0.1) is 25.8 Å². The molecule has 0 unspecified atom stereocenters. The number of rotatable bonds is 5. The van der Waals surface area contributed by atoms with Gasteiger partial charge in [-0.3, -0.25) is 5.41 Å². The van der Waals surface area contributed by atoms with Gasteiger partial charge in [-0.25, -0.2) is 14.8 Å². The zero-order valence-electron chi connectivity index (χ0n) is 10.8. The Morgan fingerprint density at radius 3 is 3.00 bits per heavy atom. The molecule has 9 heteroatoms. The molecule has 2 rings (SSSR count). The van der Waals surface area contributed by atoms with Gasteiger partial charge in [-0.05, 0) is 6.92 Å². The molecule has 0 spiro atoms. The van der Waals surface area contributed by atoms with E-state index in [0.717, 1.165) is 0 Å². The molecule has 4 N–H and O–H groups in total. The normalized spacial score (nSPS) is 14.2. The van der Waals surface area contributed by atoms with Crippen molar-refractivity contribution < 1.29 is 19.7 Å². The Morgan fingerprint density at radius 1 is 1.55 bits per heavy atom. The maximum atomic E-state index is 11.3. The van der Waals surface area contributed by atoms with Crippen LogP contribution in [-0.2, 0) is 16.1 Å². The molecule has 2 heterocycles. The van der Waals surface area contributed by atoms with Crippen molar-refractivity contribution in [1.29, 1.82) is 5.41 Å². The molecule has 0 fully saturated rings. The highest BCUT2D eigenvalue weighted by Crippen LogP contribution is 2.06. The van der Waals surface area contributed by atoms with Crippen molar-refractivity contribution in [2.45, 2.75) is 25.7 Å². The summed E-state index contributed by atoms with van der Waals surface area (Å²) in [5, 5.41) is 27.1. The van der Waals surface area contributed by atoms with Crippen molar-refractivity contribution in [2.24, 2.45) is 0 Å². The van der Waals surface area contributed by atoms with Crippen LogP contribution in [0.2, 0.25) is 0 Å². The Hall–Kier alpha value is -2.26. The average molecular weight is 281 g/mol. The number of hydrogen-bond donors (Lipinski definition) is 4. The van der Waals surface area contributed by atoms with E-state index >= 15 is 0 Å². The quantitative estimate of drug-likeness (QED) is 0.493. The standard InChI is InChI=1S/C11H15N5O4/c1-2-20-11(19)8(18)6(17)3-16-5-15-9(12)7-10(16)14-4-13-7/h4-6,8,12,17-18H,2-3H2,1H3,(H,13,14)/t6-,8-/m1/s1. The first kappa shape index (κ1) is 14.2. The molecule has 0 aliphatic carbocycles. The third-order valence-electron chi connectivity index (χ3n) is 2.73. The zero-order chi connectivity index (χ0) is 14.7. The maximum Gasteiger partial charge on any atom is 0.337 e. The lowest BCUT2D eigenvalue weighted by molar-refractivity contribution is -0.159. The van der Waals surface area contributed by atoms with Gasteiger partial charge < -0.3 is 24.5 Å². The second-order valence-electron chi connectivity index (χ2n) is 4.11. The van der Waals surface area contributed by atoms with Crippen molar-refractivity contribution in [3.63, 3.8) is 0 Å². The van der Waals surface area contributed by atoms with Gasteiger partial charge in [0.2, 0.25) is 0 Å². The topological polar surface area (TPSA) is 137 Å². The number of hydrogen-bond acceptors (Lipinski definition) is 7. The predicted octanol–water partition coefficient (Wildman–Crippen LogP) is -1.48. The van der Waals surface area contributed by atoms with Crippen LogP contribution in [0.15, 0.2) is 12.7 Å². The number of nitrogens with zero attached hydrogens (tertiary/aromatic N) is 3. The van der Waals surface area contributed by atoms with Crippen LogP contribution >= 0.6 is 0 Å². The molecule has 0 saturated heterocycles.